The van der Waals surface area contributed by atoms with Gasteiger partial charge >= 0.3 is 0 Å². The van der Waals surface area contributed by atoms with E-state index in [0.29, 0.717) is 5.92 Å². The highest BCUT2D eigenvalue weighted by molar-refractivity contribution is 6.05. The lowest BCUT2D eigenvalue weighted by atomic mass is 10.1. The molecule has 1 aromatic carbocycles. The first-order valence-corrected chi connectivity index (χ1v) is 6.03. The quantitative estimate of drug-likeness (QED) is 0.833. The number of hydrogen-bond donors (Lipinski definition) is 2. The molecule has 1 aromatic heterocycles. The first kappa shape index (κ1) is 11.7. The second-order valence-electron chi connectivity index (χ2n) is 4.69. The molecular weight excluding hydrogens is 212 g/mol. The molecule has 1 amide bonds. The second-order valence-corrected chi connectivity index (χ2v) is 4.69. The Labute approximate surface area is 101 Å². The number of carbonyl (C=O) groups excluding carboxylic acids is 1. The molecule has 1 heterocycles. The standard InChI is InChI=1S/C14H18N2O/c1-10(2)6-8-16-14(17)12-5-3-4-11-7-9-15-13(11)12/h3-5,7,9-10,15H,6,8H2,1-2H3,(H,16,17). The fourth-order valence-electron chi connectivity index (χ4n) is 1.84. The minimum absolute atomic E-state index is 0.00120. The van der Waals surface area contributed by atoms with Crippen molar-refractivity contribution in [2.24, 2.45) is 5.92 Å². The monoisotopic (exact) mass is 230 g/mol. The summed E-state index contributed by atoms with van der Waals surface area (Å²) in [5.41, 5.74) is 1.63. The molecule has 3 nitrogen and oxygen atoms in total. The third-order valence-corrected chi connectivity index (χ3v) is 2.84. The van der Waals surface area contributed by atoms with Crippen molar-refractivity contribution in [3.05, 3.63) is 36.0 Å². The average Bonchev–Trinajstić information content (AvgIpc) is 2.75. The predicted molar refractivity (Wildman–Crippen MR) is 70.1 cm³/mol. The number of benzene rings is 1. The first-order valence-electron chi connectivity index (χ1n) is 6.03. The van der Waals surface area contributed by atoms with Gasteiger partial charge in [0.05, 0.1) is 11.1 Å². The highest BCUT2D eigenvalue weighted by atomic mass is 16.1. The number of rotatable bonds is 4. The van der Waals surface area contributed by atoms with Crippen LogP contribution in [0, 0.1) is 5.92 Å². The van der Waals surface area contributed by atoms with Gasteiger partial charge in [-0.3, -0.25) is 4.79 Å². The van der Waals surface area contributed by atoms with E-state index in [1.54, 1.807) is 0 Å². The van der Waals surface area contributed by atoms with E-state index >= 15 is 0 Å². The molecule has 2 rings (SSSR count). The Balaban J connectivity index is 2.11. The lowest BCUT2D eigenvalue weighted by Crippen LogP contribution is -2.25. The molecule has 0 bridgehead atoms. The van der Waals surface area contributed by atoms with Gasteiger partial charge in [0, 0.05) is 18.1 Å². The molecule has 0 fully saturated rings. The van der Waals surface area contributed by atoms with Crippen LogP contribution in [0.15, 0.2) is 30.5 Å². The smallest absolute Gasteiger partial charge is 0.253 e. The summed E-state index contributed by atoms with van der Waals surface area (Å²) in [6.45, 7) is 5.03. The molecule has 0 saturated heterocycles. The van der Waals surface area contributed by atoms with E-state index in [4.69, 9.17) is 0 Å². The number of aromatic amines is 1. The summed E-state index contributed by atoms with van der Waals surface area (Å²) in [4.78, 5) is 15.1. The van der Waals surface area contributed by atoms with Crippen LogP contribution in [0.3, 0.4) is 0 Å². The Kier molecular flexibility index (Phi) is 3.47. The van der Waals surface area contributed by atoms with Gasteiger partial charge in [0.15, 0.2) is 0 Å². The Hall–Kier alpha value is -1.77. The third-order valence-electron chi connectivity index (χ3n) is 2.84. The topological polar surface area (TPSA) is 44.9 Å². The van der Waals surface area contributed by atoms with Gasteiger partial charge < -0.3 is 10.3 Å². The lowest BCUT2D eigenvalue weighted by Gasteiger charge is -2.07. The van der Waals surface area contributed by atoms with Crippen molar-refractivity contribution in [3.63, 3.8) is 0 Å². The SMILES string of the molecule is CC(C)CCNC(=O)c1cccc2cc[nH]c12. The summed E-state index contributed by atoms with van der Waals surface area (Å²) in [5.74, 6) is 0.607. The fourth-order valence-corrected chi connectivity index (χ4v) is 1.84. The van der Waals surface area contributed by atoms with Crippen LogP contribution < -0.4 is 5.32 Å². The van der Waals surface area contributed by atoms with Crippen LogP contribution in [-0.4, -0.2) is 17.4 Å². The molecule has 2 N–H and O–H groups in total. The molecule has 0 saturated carbocycles. The number of hydrogen-bond acceptors (Lipinski definition) is 1. The van der Waals surface area contributed by atoms with Crippen LogP contribution in [0.4, 0.5) is 0 Å². The Morgan fingerprint density at radius 1 is 1.35 bits per heavy atom. The summed E-state index contributed by atoms with van der Waals surface area (Å²) in [5, 5.41) is 4.02. The minimum Gasteiger partial charge on any atom is -0.361 e. The fraction of sp³-hybridized carbons (Fsp3) is 0.357. The van der Waals surface area contributed by atoms with Gasteiger partial charge in [0.25, 0.3) is 5.91 Å². The largest absolute Gasteiger partial charge is 0.361 e. The number of H-pyrrole nitrogens is 1. The number of nitrogens with one attached hydrogen (secondary N) is 2. The van der Waals surface area contributed by atoms with Crippen LogP contribution >= 0.6 is 0 Å². The van der Waals surface area contributed by atoms with E-state index in [2.05, 4.69) is 24.1 Å². The average molecular weight is 230 g/mol. The summed E-state index contributed by atoms with van der Waals surface area (Å²) in [6.07, 6.45) is 2.86. The molecule has 0 radical (unpaired) electrons. The van der Waals surface area contributed by atoms with E-state index < -0.39 is 0 Å². The third kappa shape index (κ3) is 2.67. The molecule has 3 heteroatoms. The van der Waals surface area contributed by atoms with Gasteiger partial charge in [-0.1, -0.05) is 26.0 Å². The van der Waals surface area contributed by atoms with E-state index in [-0.39, 0.29) is 5.91 Å². The number of aromatic nitrogens is 1. The zero-order chi connectivity index (χ0) is 12.3. The van der Waals surface area contributed by atoms with E-state index in [1.165, 1.54) is 0 Å². The van der Waals surface area contributed by atoms with Crippen LogP contribution in [0.2, 0.25) is 0 Å². The van der Waals surface area contributed by atoms with Gasteiger partial charge in [-0.15, -0.1) is 0 Å². The van der Waals surface area contributed by atoms with E-state index in [1.807, 2.05) is 30.5 Å². The summed E-state index contributed by atoms with van der Waals surface area (Å²) >= 11 is 0. The molecule has 2 aromatic rings. The van der Waals surface area contributed by atoms with Crippen molar-refractivity contribution >= 4 is 16.8 Å². The van der Waals surface area contributed by atoms with Crippen LogP contribution in [-0.2, 0) is 0 Å². The van der Waals surface area contributed by atoms with Gasteiger partial charge in [0.2, 0.25) is 0 Å². The summed E-state index contributed by atoms with van der Waals surface area (Å²) < 4.78 is 0. The predicted octanol–water partition coefficient (Wildman–Crippen LogP) is 2.94. The van der Waals surface area contributed by atoms with Gasteiger partial charge in [-0.2, -0.15) is 0 Å². The second kappa shape index (κ2) is 5.04. The Bertz CT molecular complexity index is 514. The maximum absolute atomic E-state index is 12.0. The molecule has 0 aliphatic rings. The zero-order valence-corrected chi connectivity index (χ0v) is 10.3. The molecule has 0 atom stereocenters. The highest BCUT2D eigenvalue weighted by Gasteiger charge is 2.09. The Morgan fingerprint density at radius 2 is 2.18 bits per heavy atom. The maximum Gasteiger partial charge on any atom is 0.253 e. The molecule has 0 unspecified atom stereocenters. The van der Waals surface area contributed by atoms with Crippen LogP contribution in [0.1, 0.15) is 30.6 Å². The first-order chi connectivity index (χ1) is 8.18. The number of para-hydroxylation sites is 1. The zero-order valence-electron chi connectivity index (χ0n) is 10.3. The maximum atomic E-state index is 12.0. The van der Waals surface area contributed by atoms with E-state index in [0.717, 1.165) is 29.4 Å². The molecule has 0 spiro atoms. The highest BCUT2D eigenvalue weighted by Crippen LogP contribution is 2.16. The number of amides is 1. The van der Waals surface area contributed by atoms with Crippen molar-refractivity contribution in [3.8, 4) is 0 Å². The van der Waals surface area contributed by atoms with Crippen molar-refractivity contribution in [2.75, 3.05) is 6.54 Å². The summed E-state index contributed by atoms with van der Waals surface area (Å²) in [7, 11) is 0. The van der Waals surface area contributed by atoms with Crippen LogP contribution in [0.25, 0.3) is 10.9 Å². The van der Waals surface area contributed by atoms with Crippen molar-refractivity contribution in [1.82, 2.24) is 10.3 Å². The van der Waals surface area contributed by atoms with E-state index in [9.17, 15) is 4.79 Å². The molecular formula is C14H18N2O. The minimum atomic E-state index is -0.00120. The normalized spacial score (nSPS) is 11.0. The van der Waals surface area contributed by atoms with Crippen molar-refractivity contribution in [1.29, 1.82) is 0 Å². The lowest BCUT2D eigenvalue weighted by molar-refractivity contribution is 0.0953. The number of carbonyl (C=O) groups is 1. The van der Waals surface area contributed by atoms with Gasteiger partial charge in [-0.25, -0.2) is 0 Å². The van der Waals surface area contributed by atoms with Crippen molar-refractivity contribution in [2.45, 2.75) is 20.3 Å². The van der Waals surface area contributed by atoms with Gasteiger partial charge in [0.1, 0.15) is 0 Å². The molecule has 17 heavy (non-hydrogen) atoms. The van der Waals surface area contributed by atoms with Gasteiger partial charge in [-0.05, 0) is 24.5 Å². The Morgan fingerprint density at radius 3 is 2.94 bits per heavy atom. The van der Waals surface area contributed by atoms with Crippen molar-refractivity contribution < 1.29 is 4.79 Å². The molecule has 0 aliphatic carbocycles. The summed E-state index contributed by atoms with van der Waals surface area (Å²) in [6, 6.07) is 7.73. The molecule has 90 valence electrons. The molecule has 0 aliphatic heterocycles. The number of fused-ring (bicyclic) bond motifs is 1. The van der Waals surface area contributed by atoms with Crippen LogP contribution in [0.5, 0.6) is 0 Å².